The molecule has 84 valence electrons. The molecular formula is C10H20O3S. The molecule has 0 aromatic rings. The van der Waals surface area contributed by atoms with Crippen molar-refractivity contribution in [3.8, 4) is 0 Å². The third-order valence-corrected chi connectivity index (χ3v) is 4.65. The predicted octanol–water partition coefficient (Wildman–Crippen LogP) is 1.63. The summed E-state index contributed by atoms with van der Waals surface area (Å²) < 4.78 is 28.3. The second-order valence-electron chi connectivity index (χ2n) is 4.07. The molecule has 0 spiro atoms. The Bertz CT molecular complexity index is 259. The smallest absolute Gasteiger partial charge is 0.150 e. The van der Waals surface area contributed by atoms with E-state index >= 15 is 0 Å². The highest BCUT2D eigenvalue weighted by Crippen LogP contribution is 2.29. The van der Waals surface area contributed by atoms with E-state index in [1.54, 1.807) is 0 Å². The maximum absolute atomic E-state index is 11.5. The first-order chi connectivity index (χ1) is 6.55. The van der Waals surface area contributed by atoms with Gasteiger partial charge in [-0.25, -0.2) is 8.42 Å². The van der Waals surface area contributed by atoms with Crippen LogP contribution in [0.4, 0.5) is 0 Å². The van der Waals surface area contributed by atoms with Gasteiger partial charge in [0.05, 0.1) is 11.9 Å². The second kappa shape index (κ2) is 5.12. The van der Waals surface area contributed by atoms with Gasteiger partial charge in [0, 0.05) is 12.9 Å². The van der Waals surface area contributed by atoms with E-state index in [2.05, 4.69) is 0 Å². The fourth-order valence-electron chi connectivity index (χ4n) is 2.20. The zero-order chi connectivity index (χ0) is 10.6. The van der Waals surface area contributed by atoms with Crippen molar-refractivity contribution < 1.29 is 13.2 Å². The molecule has 0 heterocycles. The highest BCUT2D eigenvalue weighted by atomic mass is 32.2. The lowest BCUT2D eigenvalue weighted by atomic mass is 9.89. The monoisotopic (exact) mass is 220 g/mol. The van der Waals surface area contributed by atoms with Gasteiger partial charge in [-0.15, -0.1) is 0 Å². The van der Waals surface area contributed by atoms with E-state index in [1.807, 2.05) is 6.92 Å². The second-order valence-corrected chi connectivity index (χ2v) is 6.34. The van der Waals surface area contributed by atoms with Crippen LogP contribution in [0.3, 0.4) is 0 Å². The van der Waals surface area contributed by atoms with Crippen LogP contribution in [0.2, 0.25) is 0 Å². The van der Waals surface area contributed by atoms with Gasteiger partial charge in [-0.3, -0.25) is 0 Å². The van der Waals surface area contributed by atoms with Crippen LogP contribution in [0.25, 0.3) is 0 Å². The first-order valence-corrected chi connectivity index (χ1v) is 7.27. The Kier molecular flexibility index (Phi) is 4.38. The lowest BCUT2D eigenvalue weighted by Gasteiger charge is -2.29. The van der Waals surface area contributed by atoms with Gasteiger partial charge in [-0.1, -0.05) is 12.8 Å². The maximum Gasteiger partial charge on any atom is 0.150 e. The van der Waals surface area contributed by atoms with E-state index in [0.29, 0.717) is 13.2 Å². The molecule has 2 atom stereocenters. The molecule has 3 nitrogen and oxygen atoms in total. The van der Waals surface area contributed by atoms with Crippen LogP contribution in [0.1, 0.15) is 32.6 Å². The van der Waals surface area contributed by atoms with Crippen molar-refractivity contribution in [2.45, 2.75) is 37.9 Å². The minimum atomic E-state index is -2.89. The normalized spacial score (nSPS) is 29.0. The molecule has 0 aromatic heterocycles. The molecule has 0 radical (unpaired) electrons. The summed E-state index contributed by atoms with van der Waals surface area (Å²) in [4.78, 5) is 0. The van der Waals surface area contributed by atoms with E-state index in [0.717, 1.165) is 25.7 Å². The molecule has 1 rings (SSSR count). The van der Waals surface area contributed by atoms with E-state index < -0.39 is 9.84 Å². The van der Waals surface area contributed by atoms with Crippen LogP contribution in [0.15, 0.2) is 0 Å². The molecule has 4 heteroatoms. The van der Waals surface area contributed by atoms with Crippen LogP contribution in [-0.2, 0) is 14.6 Å². The third kappa shape index (κ3) is 3.24. The van der Waals surface area contributed by atoms with Crippen molar-refractivity contribution >= 4 is 9.84 Å². The summed E-state index contributed by atoms with van der Waals surface area (Å²) in [5.41, 5.74) is 0. The molecule has 1 saturated carbocycles. The van der Waals surface area contributed by atoms with E-state index in [4.69, 9.17) is 4.74 Å². The summed E-state index contributed by atoms with van der Waals surface area (Å²) in [5.74, 6) is 0.221. The van der Waals surface area contributed by atoms with Gasteiger partial charge < -0.3 is 4.74 Å². The maximum atomic E-state index is 11.5. The fraction of sp³-hybridized carbons (Fsp3) is 1.00. The van der Waals surface area contributed by atoms with Gasteiger partial charge >= 0.3 is 0 Å². The summed E-state index contributed by atoms with van der Waals surface area (Å²) in [5, 5.41) is -0.164. The number of rotatable bonds is 4. The number of sulfone groups is 1. The zero-order valence-corrected chi connectivity index (χ0v) is 9.85. The topological polar surface area (TPSA) is 43.4 Å². The highest BCUT2D eigenvalue weighted by Gasteiger charge is 2.32. The fourth-order valence-corrected chi connectivity index (χ4v) is 3.71. The summed E-state index contributed by atoms with van der Waals surface area (Å²) in [6, 6.07) is 0. The highest BCUT2D eigenvalue weighted by molar-refractivity contribution is 7.91. The molecule has 0 aromatic carbocycles. The minimum absolute atomic E-state index is 0.164. The predicted molar refractivity (Wildman–Crippen MR) is 57.1 cm³/mol. The molecule has 0 N–H and O–H groups in total. The summed E-state index contributed by atoms with van der Waals surface area (Å²) in [6.07, 6.45) is 5.35. The molecule has 14 heavy (non-hydrogen) atoms. The molecule has 1 aliphatic carbocycles. The SMILES string of the molecule is CCOCC1CCCCC1S(C)(=O)=O. The van der Waals surface area contributed by atoms with Crippen LogP contribution >= 0.6 is 0 Å². The standard InChI is InChI=1S/C10H20O3S/c1-3-13-8-9-6-4-5-7-10(9)14(2,11)12/h9-10H,3-8H2,1-2H3. The number of hydrogen-bond donors (Lipinski definition) is 0. The third-order valence-electron chi connectivity index (χ3n) is 2.93. The van der Waals surface area contributed by atoms with E-state index in [1.165, 1.54) is 6.26 Å². The lowest BCUT2D eigenvalue weighted by molar-refractivity contribution is 0.0963. The van der Waals surface area contributed by atoms with Crippen molar-refractivity contribution in [1.29, 1.82) is 0 Å². The Hall–Kier alpha value is -0.0900. The van der Waals surface area contributed by atoms with Gasteiger partial charge in [0.15, 0.2) is 9.84 Å². The van der Waals surface area contributed by atoms with Crippen LogP contribution in [0, 0.1) is 5.92 Å². The summed E-state index contributed by atoms with van der Waals surface area (Å²) >= 11 is 0. The van der Waals surface area contributed by atoms with Crippen LogP contribution in [0.5, 0.6) is 0 Å². The molecule has 1 fully saturated rings. The summed E-state index contributed by atoms with van der Waals surface area (Å²) in [6.45, 7) is 3.22. The lowest BCUT2D eigenvalue weighted by Crippen LogP contribution is -2.34. The Labute approximate surface area is 86.8 Å². The molecule has 0 amide bonds. The first-order valence-electron chi connectivity index (χ1n) is 5.32. The van der Waals surface area contributed by atoms with Crippen molar-refractivity contribution in [3.05, 3.63) is 0 Å². The molecule has 0 bridgehead atoms. The van der Waals surface area contributed by atoms with Crippen molar-refractivity contribution in [2.24, 2.45) is 5.92 Å². The van der Waals surface area contributed by atoms with Crippen molar-refractivity contribution in [1.82, 2.24) is 0 Å². The Morgan fingerprint density at radius 2 is 1.93 bits per heavy atom. The number of hydrogen-bond acceptors (Lipinski definition) is 3. The molecule has 0 aliphatic heterocycles. The van der Waals surface area contributed by atoms with Gasteiger partial charge in [0.2, 0.25) is 0 Å². The van der Waals surface area contributed by atoms with Gasteiger partial charge in [-0.2, -0.15) is 0 Å². The Morgan fingerprint density at radius 1 is 1.29 bits per heavy atom. The zero-order valence-electron chi connectivity index (χ0n) is 9.03. The van der Waals surface area contributed by atoms with E-state index in [-0.39, 0.29) is 11.2 Å². The first kappa shape index (κ1) is 12.0. The Balaban J connectivity index is 2.60. The average Bonchev–Trinajstić information content (AvgIpc) is 2.14. The van der Waals surface area contributed by atoms with Crippen molar-refractivity contribution in [3.63, 3.8) is 0 Å². The largest absolute Gasteiger partial charge is 0.381 e. The molecule has 2 unspecified atom stereocenters. The average molecular weight is 220 g/mol. The van der Waals surface area contributed by atoms with Crippen LogP contribution in [-0.4, -0.2) is 33.1 Å². The minimum Gasteiger partial charge on any atom is -0.381 e. The van der Waals surface area contributed by atoms with Gasteiger partial charge in [-0.05, 0) is 25.7 Å². The van der Waals surface area contributed by atoms with Gasteiger partial charge in [0.25, 0.3) is 0 Å². The van der Waals surface area contributed by atoms with Gasteiger partial charge in [0.1, 0.15) is 0 Å². The van der Waals surface area contributed by atoms with Crippen molar-refractivity contribution in [2.75, 3.05) is 19.5 Å². The molecule has 1 aliphatic rings. The van der Waals surface area contributed by atoms with Crippen LogP contribution < -0.4 is 0 Å². The molecular weight excluding hydrogens is 200 g/mol. The quantitative estimate of drug-likeness (QED) is 0.723. The van der Waals surface area contributed by atoms with E-state index in [9.17, 15) is 8.42 Å². The number of ether oxygens (including phenoxy) is 1. The summed E-state index contributed by atoms with van der Waals surface area (Å²) in [7, 11) is -2.89. The molecule has 0 saturated heterocycles. The Morgan fingerprint density at radius 3 is 2.50 bits per heavy atom.